The predicted molar refractivity (Wildman–Crippen MR) is 184 cm³/mol. The van der Waals surface area contributed by atoms with Crippen LogP contribution in [0, 0.1) is 80.8 Å². The molecule has 8 fully saturated rings. The highest BCUT2D eigenvalue weighted by Crippen LogP contribution is 2.69. The molecule has 46 heavy (non-hydrogen) atoms. The molecule has 8 aliphatic rings. The smallest absolute Gasteiger partial charge is 0.133 e. The van der Waals surface area contributed by atoms with Crippen LogP contribution >= 0.6 is 0 Å². The van der Waals surface area contributed by atoms with Gasteiger partial charge in [-0.25, -0.2) is 0 Å². The molecule has 0 bridgehead atoms. The van der Waals surface area contributed by atoms with Crippen LogP contribution in [0.2, 0.25) is 0 Å². The second-order valence-corrected chi connectivity index (χ2v) is 19.7. The number of hydrogen-bond acceptors (Lipinski definition) is 4. The number of rotatable bonds is 2. The first kappa shape index (κ1) is 33.7. The molecule has 4 nitrogen and oxygen atoms in total. The molecule has 0 unspecified atom stereocenters. The minimum atomic E-state index is -0.0490. The molecule has 0 aromatic heterocycles. The van der Waals surface area contributed by atoms with Crippen molar-refractivity contribution in [2.24, 2.45) is 80.8 Å². The first-order valence-electron chi connectivity index (χ1n) is 20.1. The number of Topliss-reactive ketones (excluding diaryl/α,β-unsaturated/α-hetero) is 2. The van der Waals surface area contributed by atoms with E-state index >= 15 is 0 Å². The van der Waals surface area contributed by atoms with Crippen molar-refractivity contribution in [3.05, 3.63) is 0 Å². The van der Waals surface area contributed by atoms with Gasteiger partial charge in [-0.05, 0) is 198 Å². The van der Waals surface area contributed by atoms with Crippen LogP contribution in [-0.4, -0.2) is 34.0 Å². The monoisotopic (exact) mass is 637 g/mol. The van der Waals surface area contributed by atoms with Crippen molar-refractivity contribution in [2.45, 2.75) is 169 Å². The normalized spacial score (nSPS) is 55.7. The third-order valence-corrected chi connectivity index (χ3v) is 18.3. The lowest BCUT2D eigenvalue weighted by Crippen LogP contribution is -2.54. The van der Waals surface area contributed by atoms with Gasteiger partial charge in [-0.15, -0.1) is 0 Å². The molecule has 4 heteroatoms. The summed E-state index contributed by atoms with van der Waals surface area (Å²) in [7, 11) is 0. The molecule has 16 atom stereocenters. The van der Waals surface area contributed by atoms with E-state index in [9.17, 15) is 19.8 Å². The summed E-state index contributed by atoms with van der Waals surface area (Å²) in [6.07, 6.45) is 21.8. The number of fused-ring (bicyclic) bond motifs is 10. The highest BCUT2D eigenvalue weighted by atomic mass is 16.3. The zero-order valence-corrected chi connectivity index (χ0v) is 30.4. The second kappa shape index (κ2) is 11.9. The largest absolute Gasteiger partial charge is 0.393 e. The van der Waals surface area contributed by atoms with E-state index in [1.807, 2.05) is 13.8 Å². The Morgan fingerprint density at radius 1 is 0.457 bits per heavy atom. The van der Waals surface area contributed by atoms with Crippen molar-refractivity contribution in [1.82, 2.24) is 0 Å². The van der Waals surface area contributed by atoms with Gasteiger partial charge in [-0.3, -0.25) is 9.59 Å². The van der Waals surface area contributed by atoms with Crippen LogP contribution in [0.15, 0.2) is 0 Å². The van der Waals surface area contributed by atoms with Gasteiger partial charge in [0.2, 0.25) is 0 Å². The number of aliphatic hydroxyl groups excluding tert-OH is 2. The molecule has 0 aromatic rings. The van der Waals surface area contributed by atoms with Crippen LogP contribution in [0.4, 0.5) is 0 Å². The SMILES string of the molecule is CC(=O)[C@H]1CC[C@H]2[C@@H]3CC[C@H]4C[C@H](O)CC[C@]4(C)[C@H]3CC[C@]12C.CC(=O)[C@H]1CC[C@H]2[C@@H]3CC[C@H]4C[C@H](O)CC[C@]4(C)[C@H]3CC[C@]12C. The van der Waals surface area contributed by atoms with Gasteiger partial charge >= 0.3 is 0 Å². The van der Waals surface area contributed by atoms with Crippen LogP contribution in [0.1, 0.15) is 157 Å². The van der Waals surface area contributed by atoms with Gasteiger partial charge in [-0.2, -0.15) is 0 Å². The third kappa shape index (κ3) is 5.09. The van der Waals surface area contributed by atoms with Crippen molar-refractivity contribution in [3.8, 4) is 0 Å². The molecule has 0 heterocycles. The lowest BCUT2D eigenvalue weighted by Gasteiger charge is -2.60. The summed E-state index contributed by atoms with van der Waals surface area (Å²) < 4.78 is 0. The van der Waals surface area contributed by atoms with Gasteiger partial charge in [0.1, 0.15) is 11.6 Å². The molecule has 260 valence electrons. The van der Waals surface area contributed by atoms with Gasteiger partial charge in [0, 0.05) is 11.8 Å². The quantitative estimate of drug-likeness (QED) is 0.317. The number of carbonyl (C=O) groups excluding carboxylic acids is 2. The summed E-state index contributed by atoms with van der Waals surface area (Å²) in [4.78, 5) is 24.3. The van der Waals surface area contributed by atoms with E-state index in [1.165, 1.54) is 77.0 Å². The lowest BCUT2D eigenvalue weighted by atomic mass is 9.44. The molecule has 0 radical (unpaired) electrons. The van der Waals surface area contributed by atoms with Gasteiger partial charge in [0.25, 0.3) is 0 Å². The molecule has 2 N–H and O–H groups in total. The Hall–Kier alpha value is -0.740. The van der Waals surface area contributed by atoms with Crippen LogP contribution in [-0.2, 0) is 9.59 Å². The second-order valence-electron chi connectivity index (χ2n) is 19.7. The summed E-state index contributed by atoms with van der Waals surface area (Å²) in [5.74, 6) is 7.94. The Morgan fingerprint density at radius 3 is 1.17 bits per heavy atom. The summed E-state index contributed by atoms with van der Waals surface area (Å²) in [6.45, 7) is 13.6. The molecular weight excluding hydrogens is 568 g/mol. The molecule has 0 spiro atoms. The number of hydrogen-bond donors (Lipinski definition) is 2. The zero-order valence-electron chi connectivity index (χ0n) is 30.4. The van der Waals surface area contributed by atoms with Crippen molar-refractivity contribution in [3.63, 3.8) is 0 Å². The van der Waals surface area contributed by atoms with Gasteiger partial charge < -0.3 is 10.2 Å². The Labute approximate surface area is 281 Å². The summed E-state index contributed by atoms with van der Waals surface area (Å²) >= 11 is 0. The van der Waals surface area contributed by atoms with E-state index in [0.717, 1.165) is 85.9 Å². The van der Waals surface area contributed by atoms with E-state index in [4.69, 9.17) is 0 Å². The fraction of sp³-hybridized carbons (Fsp3) is 0.952. The summed E-state index contributed by atoms with van der Waals surface area (Å²) in [5.41, 5.74) is 1.48. The highest BCUT2D eigenvalue weighted by molar-refractivity contribution is 5.80. The van der Waals surface area contributed by atoms with E-state index in [-0.39, 0.29) is 23.0 Å². The van der Waals surface area contributed by atoms with Crippen molar-refractivity contribution >= 4 is 11.6 Å². The Kier molecular flexibility index (Phi) is 8.76. The minimum absolute atomic E-state index is 0.0490. The Balaban J connectivity index is 0.000000147. The molecule has 0 saturated heterocycles. The Morgan fingerprint density at radius 2 is 0.804 bits per heavy atom. The van der Waals surface area contributed by atoms with Crippen LogP contribution < -0.4 is 0 Å². The fourth-order valence-electron chi connectivity index (χ4n) is 15.8. The lowest BCUT2D eigenvalue weighted by molar-refractivity contribution is -0.138. The van der Waals surface area contributed by atoms with Crippen molar-refractivity contribution < 1.29 is 19.8 Å². The minimum Gasteiger partial charge on any atom is -0.393 e. The molecule has 0 aromatic carbocycles. The molecule has 0 amide bonds. The van der Waals surface area contributed by atoms with Crippen LogP contribution in [0.5, 0.6) is 0 Å². The molecule has 8 saturated carbocycles. The van der Waals surface area contributed by atoms with Gasteiger partial charge in [0.15, 0.2) is 0 Å². The zero-order chi connectivity index (χ0) is 32.8. The average Bonchev–Trinajstić information content (AvgIpc) is 3.55. The predicted octanol–water partition coefficient (Wildman–Crippen LogP) is 9.19. The standard InChI is InChI=1S/2C21H34O2/c2*1-13(22)17-6-7-18-16-5-4-14-12-15(23)8-10-20(14,2)19(16)9-11-21(17,18)3/h2*14-19,23H,4-12H2,1-3H3/t2*14-,15+,16-,17+,18-,19-,20-,21+/m00/s1. The first-order valence-corrected chi connectivity index (χ1v) is 20.1. The number of aliphatic hydroxyl groups is 2. The Bertz CT molecular complexity index is 1090. The van der Waals surface area contributed by atoms with Crippen LogP contribution in [0.3, 0.4) is 0 Å². The van der Waals surface area contributed by atoms with E-state index < -0.39 is 0 Å². The number of ketones is 2. The van der Waals surface area contributed by atoms with E-state index in [1.54, 1.807) is 0 Å². The molecule has 8 rings (SSSR count). The summed E-state index contributed by atoms with van der Waals surface area (Å²) in [6, 6.07) is 0. The topological polar surface area (TPSA) is 74.6 Å². The molecular formula is C42H68O4. The number of carbonyl (C=O) groups is 2. The maximum atomic E-state index is 12.2. The van der Waals surface area contributed by atoms with E-state index in [2.05, 4.69) is 27.7 Å². The molecule has 0 aliphatic heterocycles. The maximum absolute atomic E-state index is 12.2. The van der Waals surface area contributed by atoms with Crippen molar-refractivity contribution in [1.29, 1.82) is 0 Å². The fourth-order valence-corrected chi connectivity index (χ4v) is 15.8. The third-order valence-electron chi connectivity index (χ3n) is 18.3. The summed E-state index contributed by atoms with van der Waals surface area (Å²) in [5, 5.41) is 20.2. The van der Waals surface area contributed by atoms with Gasteiger partial charge in [0.05, 0.1) is 12.2 Å². The first-order chi connectivity index (χ1) is 21.7. The average molecular weight is 637 g/mol. The van der Waals surface area contributed by atoms with Crippen molar-refractivity contribution in [2.75, 3.05) is 0 Å². The highest BCUT2D eigenvalue weighted by Gasteiger charge is 2.62. The van der Waals surface area contributed by atoms with Gasteiger partial charge in [-0.1, -0.05) is 27.7 Å². The van der Waals surface area contributed by atoms with E-state index in [0.29, 0.717) is 34.2 Å². The molecule has 8 aliphatic carbocycles. The maximum Gasteiger partial charge on any atom is 0.133 e. The van der Waals surface area contributed by atoms with Crippen LogP contribution in [0.25, 0.3) is 0 Å².